The number of hydrogen-bond acceptors (Lipinski definition) is 5. The van der Waals surface area contributed by atoms with Crippen LogP contribution in [0, 0.1) is 0 Å². The molecule has 2 aromatic heterocycles. The molecule has 2 rings (SSSR count). The van der Waals surface area contributed by atoms with E-state index in [1.165, 1.54) is 36.0 Å². The molecule has 0 saturated carbocycles. The van der Waals surface area contributed by atoms with Crippen LogP contribution < -0.4 is 5.32 Å². The van der Waals surface area contributed by atoms with Gasteiger partial charge in [0.05, 0.1) is 12.7 Å². The zero-order valence-electron chi connectivity index (χ0n) is 10.3. The van der Waals surface area contributed by atoms with Crippen molar-refractivity contribution in [3.05, 3.63) is 52.2 Å². The van der Waals surface area contributed by atoms with Gasteiger partial charge in [-0.15, -0.1) is 11.3 Å². The highest BCUT2D eigenvalue weighted by molar-refractivity contribution is 7.12. The summed E-state index contributed by atoms with van der Waals surface area (Å²) in [6.45, 7) is 0.362. The lowest BCUT2D eigenvalue weighted by Gasteiger charge is -2.01. The maximum absolute atomic E-state index is 11.7. The predicted molar refractivity (Wildman–Crippen MR) is 74.2 cm³/mol. The maximum Gasteiger partial charge on any atom is 0.328 e. The number of thiophene rings is 1. The van der Waals surface area contributed by atoms with Crippen molar-refractivity contribution in [3.8, 4) is 0 Å². The van der Waals surface area contributed by atoms with Crippen molar-refractivity contribution in [1.82, 2.24) is 15.3 Å². The first-order chi connectivity index (χ1) is 9.65. The first-order valence-corrected chi connectivity index (χ1v) is 6.51. The van der Waals surface area contributed by atoms with E-state index in [1.807, 2.05) is 6.07 Å². The van der Waals surface area contributed by atoms with Crippen LogP contribution in [0.1, 0.15) is 20.2 Å². The number of carboxylic acids is 1. The largest absolute Gasteiger partial charge is 0.478 e. The fraction of sp³-hybridized carbons (Fsp3) is 0.0769. The average molecular weight is 289 g/mol. The van der Waals surface area contributed by atoms with Gasteiger partial charge in [-0.3, -0.25) is 9.78 Å². The zero-order chi connectivity index (χ0) is 14.4. The summed E-state index contributed by atoms with van der Waals surface area (Å²) >= 11 is 1.41. The summed E-state index contributed by atoms with van der Waals surface area (Å²) in [5, 5.41) is 11.3. The molecule has 0 aromatic carbocycles. The molecular weight excluding hydrogens is 278 g/mol. The van der Waals surface area contributed by atoms with E-state index < -0.39 is 5.97 Å². The van der Waals surface area contributed by atoms with Crippen LogP contribution in [0.2, 0.25) is 0 Å². The van der Waals surface area contributed by atoms with Crippen LogP contribution in [0.4, 0.5) is 0 Å². The first kappa shape index (κ1) is 13.9. The molecule has 0 atom stereocenters. The zero-order valence-corrected chi connectivity index (χ0v) is 11.1. The van der Waals surface area contributed by atoms with E-state index in [0.29, 0.717) is 6.54 Å². The minimum atomic E-state index is -0.990. The summed E-state index contributed by atoms with van der Waals surface area (Å²) in [6, 6.07) is 3.64. The van der Waals surface area contributed by atoms with Crippen LogP contribution in [0.3, 0.4) is 0 Å². The van der Waals surface area contributed by atoms with Gasteiger partial charge >= 0.3 is 5.97 Å². The highest BCUT2D eigenvalue weighted by Gasteiger charge is 2.07. The summed E-state index contributed by atoms with van der Waals surface area (Å²) < 4.78 is 0. The number of carboxylic acid groups (broad SMARTS) is 1. The summed E-state index contributed by atoms with van der Waals surface area (Å²) in [5.41, 5.74) is 0.259. The maximum atomic E-state index is 11.7. The monoisotopic (exact) mass is 289 g/mol. The van der Waals surface area contributed by atoms with Crippen molar-refractivity contribution in [2.24, 2.45) is 0 Å². The van der Waals surface area contributed by atoms with Crippen molar-refractivity contribution in [2.75, 3.05) is 0 Å². The van der Waals surface area contributed by atoms with Gasteiger partial charge in [-0.1, -0.05) is 0 Å². The van der Waals surface area contributed by atoms with Crippen LogP contribution in [0.5, 0.6) is 0 Å². The van der Waals surface area contributed by atoms with Crippen LogP contribution >= 0.6 is 11.3 Å². The van der Waals surface area contributed by atoms with E-state index in [1.54, 1.807) is 6.07 Å². The number of rotatable bonds is 5. The smallest absolute Gasteiger partial charge is 0.328 e. The Balaban J connectivity index is 1.92. The Bertz CT molecular complexity index is 637. The lowest BCUT2D eigenvalue weighted by molar-refractivity contribution is -0.131. The Morgan fingerprint density at radius 1 is 1.35 bits per heavy atom. The van der Waals surface area contributed by atoms with Crippen molar-refractivity contribution in [2.45, 2.75) is 6.54 Å². The number of hydrogen-bond donors (Lipinski definition) is 2. The van der Waals surface area contributed by atoms with E-state index in [2.05, 4.69) is 15.3 Å². The van der Waals surface area contributed by atoms with Crippen LogP contribution in [-0.2, 0) is 11.3 Å². The van der Waals surface area contributed by atoms with Crippen LogP contribution in [0.15, 0.2) is 36.8 Å². The number of nitrogens with one attached hydrogen (secondary N) is 1. The summed E-state index contributed by atoms with van der Waals surface area (Å²) in [5.74, 6) is -1.29. The quantitative estimate of drug-likeness (QED) is 0.815. The molecule has 2 N–H and O–H groups in total. The summed E-state index contributed by atoms with van der Waals surface area (Å²) in [7, 11) is 0. The third kappa shape index (κ3) is 3.99. The van der Waals surface area contributed by atoms with Gasteiger partial charge in [0.25, 0.3) is 5.91 Å². The topological polar surface area (TPSA) is 92.2 Å². The van der Waals surface area contributed by atoms with E-state index in [0.717, 1.165) is 15.8 Å². The normalized spacial score (nSPS) is 10.6. The lowest BCUT2D eigenvalue weighted by Crippen LogP contribution is -2.23. The number of nitrogens with zero attached hydrogens (tertiary/aromatic N) is 2. The second-order valence-corrected chi connectivity index (χ2v) is 4.95. The molecule has 0 saturated heterocycles. The second-order valence-electron chi connectivity index (χ2n) is 3.75. The van der Waals surface area contributed by atoms with E-state index in [-0.39, 0.29) is 11.6 Å². The predicted octanol–water partition coefficient (Wildman–Crippen LogP) is 1.57. The minimum absolute atomic E-state index is 0.259. The van der Waals surface area contributed by atoms with E-state index in [4.69, 9.17) is 5.11 Å². The van der Waals surface area contributed by atoms with Crippen molar-refractivity contribution < 1.29 is 14.7 Å². The van der Waals surface area contributed by atoms with Gasteiger partial charge in [-0.25, -0.2) is 9.78 Å². The van der Waals surface area contributed by atoms with Crippen LogP contribution in [-0.4, -0.2) is 27.0 Å². The Labute approximate surface area is 118 Å². The minimum Gasteiger partial charge on any atom is -0.478 e. The molecule has 0 unspecified atom stereocenters. The fourth-order valence-corrected chi connectivity index (χ4v) is 2.26. The van der Waals surface area contributed by atoms with Crippen molar-refractivity contribution in [3.63, 3.8) is 0 Å². The summed E-state index contributed by atoms with van der Waals surface area (Å²) in [6.07, 6.45) is 6.94. The third-order valence-corrected chi connectivity index (χ3v) is 3.34. The molecule has 0 radical (unpaired) electrons. The molecule has 0 bridgehead atoms. The third-order valence-electron chi connectivity index (χ3n) is 2.29. The number of carbonyl (C=O) groups excluding carboxylic acids is 1. The van der Waals surface area contributed by atoms with Crippen molar-refractivity contribution in [1.29, 1.82) is 0 Å². The molecule has 7 heteroatoms. The molecular formula is C13H11N3O3S. The number of aliphatic carboxylic acids is 1. The Kier molecular flexibility index (Phi) is 4.56. The molecule has 0 spiro atoms. The Morgan fingerprint density at radius 2 is 2.20 bits per heavy atom. The van der Waals surface area contributed by atoms with Gasteiger partial charge in [0, 0.05) is 28.2 Å². The Hall–Kier alpha value is -2.54. The van der Waals surface area contributed by atoms with E-state index in [9.17, 15) is 9.59 Å². The molecule has 0 aliphatic carbocycles. The summed E-state index contributed by atoms with van der Waals surface area (Å²) in [4.78, 5) is 31.6. The molecule has 0 fully saturated rings. The van der Waals surface area contributed by atoms with Gasteiger partial charge in [0.1, 0.15) is 5.69 Å². The highest BCUT2D eigenvalue weighted by atomic mass is 32.1. The van der Waals surface area contributed by atoms with Gasteiger partial charge in [-0.05, 0) is 18.2 Å². The van der Waals surface area contributed by atoms with Crippen LogP contribution in [0.25, 0.3) is 6.08 Å². The number of aromatic nitrogens is 2. The van der Waals surface area contributed by atoms with Crippen molar-refractivity contribution >= 4 is 29.3 Å². The molecule has 102 valence electrons. The van der Waals surface area contributed by atoms with Gasteiger partial charge in [0.15, 0.2) is 0 Å². The molecule has 20 heavy (non-hydrogen) atoms. The standard InChI is InChI=1S/C13H11N3O3S/c17-12(18)4-3-9-1-2-10(20-9)7-16-13(19)11-8-14-5-6-15-11/h1-6,8H,7H2,(H,16,19)(H,17,18). The molecule has 0 aliphatic rings. The first-order valence-electron chi connectivity index (χ1n) is 5.69. The Morgan fingerprint density at radius 3 is 2.90 bits per heavy atom. The second kappa shape index (κ2) is 6.58. The average Bonchev–Trinajstić information content (AvgIpc) is 2.91. The molecule has 2 heterocycles. The molecule has 2 aromatic rings. The number of amides is 1. The van der Waals surface area contributed by atoms with Gasteiger partial charge < -0.3 is 10.4 Å². The van der Waals surface area contributed by atoms with E-state index >= 15 is 0 Å². The molecule has 0 aliphatic heterocycles. The number of carbonyl (C=O) groups is 2. The fourth-order valence-electron chi connectivity index (χ4n) is 1.41. The highest BCUT2D eigenvalue weighted by Crippen LogP contribution is 2.17. The SMILES string of the molecule is O=C(O)C=Cc1ccc(CNC(=O)c2cnccn2)s1. The molecule has 1 amide bonds. The lowest BCUT2D eigenvalue weighted by atomic mass is 10.3. The van der Waals surface area contributed by atoms with Gasteiger partial charge in [0.2, 0.25) is 0 Å². The molecule has 6 nitrogen and oxygen atoms in total. The van der Waals surface area contributed by atoms with Gasteiger partial charge in [-0.2, -0.15) is 0 Å².